The van der Waals surface area contributed by atoms with Crippen molar-refractivity contribution in [2.24, 2.45) is 7.05 Å². The number of pyridine rings is 2. The van der Waals surface area contributed by atoms with E-state index >= 15 is 0 Å². The molecule has 4 rings (SSSR count). The molecule has 0 aliphatic rings. The van der Waals surface area contributed by atoms with Crippen LogP contribution in [0.2, 0.25) is 0 Å². The lowest BCUT2D eigenvalue weighted by Gasteiger charge is -2.26. The Kier molecular flexibility index (Phi) is 5.24. The van der Waals surface area contributed by atoms with Crippen molar-refractivity contribution in [1.29, 1.82) is 0 Å². The number of amides is 1. The van der Waals surface area contributed by atoms with E-state index < -0.39 is 5.82 Å². The average Bonchev–Trinajstić information content (AvgIpc) is 3.22. The monoisotopic (exact) mass is 420 g/mol. The smallest absolute Gasteiger partial charge is 0.213 e. The van der Waals surface area contributed by atoms with E-state index in [9.17, 15) is 9.18 Å². The summed E-state index contributed by atoms with van der Waals surface area (Å²) in [5.74, 6) is 0.284. The maximum atomic E-state index is 14.6. The molecule has 4 aromatic rings. The van der Waals surface area contributed by atoms with Crippen LogP contribution in [0, 0.1) is 5.82 Å². The summed E-state index contributed by atoms with van der Waals surface area (Å²) in [7, 11) is 6.74. The molecule has 0 saturated carbocycles. The van der Waals surface area contributed by atoms with Gasteiger partial charge in [-0.1, -0.05) is 0 Å². The Morgan fingerprint density at radius 3 is 2.65 bits per heavy atom. The molecule has 0 atom stereocenters. The van der Waals surface area contributed by atoms with Gasteiger partial charge < -0.3 is 14.5 Å². The summed E-state index contributed by atoms with van der Waals surface area (Å²) in [4.78, 5) is 23.3. The zero-order valence-electron chi connectivity index (χ0n) is 17.6. The van der Waals surface area contributed by atoms with Crippen LogP contribution in [0.25, 0.3) is 22.0 Å². The number of aryl methyl sites for hydroxylation is 1. The van der Waals surface area contributed by atoms with Crippen LogP contribution in [0.5, 0.6) is 5.75 Å². The first-order valence-corrected chi connectivity index (χ1v) is 9.46. The summed E-state index contributed by atoms with van der Waals surface area (Å²) in [6.07, 6.45) is 7.39. The highest BCUT2D eigenvalue weighted by molar-refractivity contribution is 6.04. The van der Waals surface area contributed by atoms with Crippen molar-refractivity contribution in [2.45, 2.75) is 0 Å². The lowest BCUT2D eigenvalue weighted by Crippen LogP contribution is -2.21. The summed E-state index contributed by atoms with van der Waals surface area (Å²) < 4.78 is 21.9. The molecule has 0 aliphatic heterocycles. The molecule has 3 aromatic heterocycles. The fraction of sp³-hybridized carbons (Fsp3) is 0.182. The number of carbonyl (C=O) groups excluding carboxylic acids is 1. The topological polar surface area (TPSA) is 76.4 Å². The number of benzene rings is 1. The average molecular weight is 420 g/mol. The largest absolute Gasteiger partial charge is 0.496 e. The molecule has 0 spiro atoms. The zero-order chi connectivity index (χ0) is 22.1. The van der Waals surface area contributed by atoms with Crippen molar-refractivity contribution < 1.29 is 13.9 Å². The third-order valence-electron chi connectivity index (χ3n) is 5.09. The van der Waals surface area contributed by atoms with Crippen molar-refractivity contribution in [3.05, 3.63) is 54.9 Å². The molecule has 9 heteroatoms. The molecule has 0 aliphatic carbocycles. The van der Waals surface area contributed by atoms with Gasteiger partial charge >= 0.3 is 0 Å². The third kappa shape index (κ3) is 3.54. The van der Waals surface area contributed by atoms with Crippen LogP contribution in [0.1, 0.15) is 0 Å². The zero-order valence-corrected chi connectivity index (χ0v) is 17.6. The molecule has 8 nitrogen and oxygen atoms in total. The number of rotatable bonds is 6. The molecule has 0 bridgehead atoms. The standard InChI is InChI=1S/C22H21FN6O2/c1-27(13-30)19-11-25-18-9-20(31-4)15(14-10-26-28(2)12-14)8-16(18)21(19)29(3)22-17(23)6-5-7-24-22/h5-13H,1-4H3. The van der Waals surface area contributed by atoms with Gasteiger partial charge in [0.25, 0.3) is 0 Å². The highest BCUT2D eigenvalue weighted by Gasteiger charge is 2.22. The van der Waals surface area contributed by atoms with E-state index in [1.165, 1.54) is 23.2 Å². The molecule has 0 unspecified atom stereocenters. The van der Waals surface area contributed by atoms with Gasteiger partial charge in [-0.25, -0.2) is 9.37 Å². The Hall–Kier alpha value is -4.01. The van der Waals surface area contributed by atoms with Crippen molar-refractivity contribution in [3.8, 4) is 16.9 Å². The Balaban J connectivity index is 2.05. The van der Waals surface area contributed by atoms with Gasteiger partial charge in [-0.2, -0.15) is 5.10 Å². The molecule has 1 aromatic carbocycles. The fourth-order valence-corrected chi connectivity index (χ4v) is 3.55. The van der Waals surface area contributed by atoms with Gasteiger partial charge in [0.2, 0.25) is 6.41 Å². The first kappa shape index (κ1) is 20.3. The summed E-state index contributed by atoms with van der Waals surface area (Å²) in [5, 5.41) is 4.95. The number of carbonyl (C=O) groups is 1. The quantitative estimate of drug-likeness (QED) is 0.444. The number of methoxy groups -OCH3 is 1. The number of hydrogen-bond donors (Lipinski definition) is 0. The van der Waals surface area contributed by atoms with E-state index in [4.69, 9.17) is 4.74 Å². The highest BCUT2D eigenvalue weighted by Crippen LogP contribution is 2.42. The second-order valence-corrected chi connectivity index (χ2v) is 7.05. The summed E-state index contributed by atoms with van der Waals surface area (Å²) in [5.41, 5.74) is 3.38. The number of aromatic nitrogens is 4. The van der Waals surface area contributed by atoms with Crippen LogP contribution in [0.15, 0.2) is 49.1 Å². The van der Waals surface area contributed by atoms with Crippen LogP contribution >= 0.6 is 0 Å². The normalized spacial score (nSPS) is 10.9. The molecular weight excluding hydrogens is 399 g/mol. The van der Waals surface area contributed by atoms with Gasteiger partial charge in [0, 0.05) is 56.1 Å². The molecule has 0 radical (unpaired) electrons. The third-order valence-corrected chi connectivity index (χ3v) is 5.09. The number of anilines is 3. The van der Waals surface area contributed by atoms with Crippen LogP contribution < -0.4 is 14.5 Å². The Morgan fingerprint density at radius 2 is 2.00 bits per heavy atom. The van der Waals surface area contributed by atoms with E-state index in [-0.39, 0.29) is 5.82 Å². The van der Waals surface area contributed by atoms with Gasteiger partial charge in [0.05, 0.1) is 36.4 Å². The van der Waals surface area contributed by atoms with E-state index in [0.717, 1.165) is 11.1 Å². The Morgan fingerprint density at radius 1 is 1.19 bits per heavy atom. The van der Waals surface area contributed by atoms with Crippen LogP contribution in [0.4, 0.5) is 21.6 Å². The second-order valence-electron chi connectivity index (χ2n) is 7.05. The van der Waals surface area contributed by atoms with E-state index in [1.54, 1.807) is 43.2 Å². The fourth-order valence-electron chi connectivity index (χ4n) is 3.55. The molecule has 0 fully saturated rings. The van der Waals surface area contributed by atoms with Crippen LogP contribution in [-0.4, -0.2) is 47.4 Å². The minimum Gasteiger partial charge on any atom is -0.496 e. The summed E-state index contributed by atoms with van der Waals surface area (Å²) in [6.45, 7) is 0. The number of fused-ring (bicyclic) bond motifs is 1. The minimum absolute atomic E-state index is 0.134. The predicted octanol–water partition coefficient (Wildman–Crippen LogP) is 3.54. The Bertz CT molecular complexity index is 1270. The highest BCUT2D eigenvalue weighted by atomic mass is 19.1. The van der Waals surface area contributed by atoms with Crippen molar-refractivity contribution in [3.63, 3.8) is 0 Å². The maximum Gasteiger partial charge on any atom is 0.213 e. The maximum absolute atomic E-state index is 14.6. The predicted molar refractivity (Wildman–Crippen MR) is 117 cm³/mol. The SMILES string of the molecule is COc1cc2ncc(N(C)C=O)c(N(C)c3ncccc3F)c2cc1-c1cnn(C)c1. The van der Waals surface area contributed by atoms with Gasteiger partial charge in [0.1, 0.15) is 5.75 Å². The lowest BCUT2D eigenvalue weighted by molar-refractivity contribution is -0.107. The number of nitrogens with zero attached hydrogens (tertiary/aromatic N) is 6. The molecular formula is C22H21FN6O2. The van der Waals surface area contributed by atoms with Gasteiger partial charge in [-0.3, -0.25) is 14.5 Å². The lowest BCUT2D eigenvalue weighted by atomic mass is 10.0. The number of ether oxygens (including phenoxy) is 1. The van der Waals surface area contributed by atoms with Gasteiger partial charge in [0.15, 0.2) is 11.6 Å². The van der Waals surface area contributed by atoms with Crippen molar-refractivity contribution >= 4 is 34.5 Å². The van der Waals surface area contributed by atoms with Gasteiger partial charge in [-0.05, 0) is 18.2 Å². The van der Waals surface area contributed by atoms with E-state index in [0.29, 0.717) is 34.4 Å². The number of hydrogen-bond acceptors (Lipinski definition) is 6. The molecule has 31 heavy (non-hydrogen) atoms. The Labute approximate surface area is 178 Å². The van der Waals surface area contributed by atoms with Crippen LogP contribution in [-0.2, 0) is 11.8 Å². The van der Waals surface area contributed by atoms with E-state index in [1.807, 2.05) is 25.4 Å². The minimum atomic E-state index is -0.476. The second kappa shape index (κ2) is 8.02. The molecule has 3 heterocycles. The molecule has 0 N–H and O–H groups in total. The van der Waals surface area contributed by atoms with Gasteiger partial charge in [-0.15, -0.1) is 0 Å². The summed E-state index contributed by atoms with van der Waals surface area (Å²) >= 11 is 0. The van der Waals surface area contributed by atoms with Crippen molar-refractivity contribution in [1.82, 2.24) is 19.7 Å². The van der Waals surface area contributed by atoms with Crippen LogP contribution in [0.3, 0.4) is 0 Å². The number of halogens is 1. The first-order valence-electron chi connectivity index (χ1n) is 9.46. The summed E-state index contributed by atoms with van der Waals surface area (Å²) in [6, 6.07) is 6.60. The van der Waals surface area contributed by atoms with E-state index in [2.05, 4.69) is 15.1 Å². The molecule has 158 valence electrons. The molecule has 1 amide bonds. The first-order chi connectivity index (χ1) is 14.9. The molecule has 0 saturated heterocycles. The van der Waals surface area contributed by atoms with Crippen molar-refractivity contribution in [2.75, 3.05) is 31.0 Å².